The normalized spacial score (nSPS) is 10.9. The molecule has 0 aliphatic heterocycles. The maximum atomic E-state index is 11.7. The van der Waals surface area contributed by atoms with Gasteiger partial charge in [-0.15, -0.1) is 0 Å². The topological polar surface area (TPSA) is 93.5 Å². The van der Waals surface area contributed by atoms with Gasteiger partial charge in [-0.25, -0.2) is 0 Å². The number of nitrogens with one attached hydrogen (secondary N) is 1. The van der Waals surface area contributed by atoms with E-state index < -0.39 is 0 Å². The van der Waals surface area contributed by atoms with Crippen molar-refractivity contribution in [3.63, 3.8) is 0 Å². The fourth-order valence-corrected chi connectivity index (χ4v) is 3.63. The van der Waals surface area contributed by atoms with Crippen molar-refractivity contribution in [1.29, 1.82) is 5.26 Å². The molecule has 144 valence electrons. The minimum absolute atomic E-state index is 0.383. The zero-order valence-electron chi connectivity index (χ0n) is 16.1. The number of rotatable bonds is 3. The van der Waals surface area contributed by atoms with Crippen LogP contribution in [0.25, 0.3) is 33.1 Å². The number of hydrogen-bond donors (Lipinski definition) is 1. The van der Waals surface area contributed by atoms with Crippen LogP contribution in [0.1, 0.15) is 5.56 Å². The molecule has 0 unspecified atom stereocenters. The van der Waals surface area contributed by atoms with Gasteiger partial charge >= 0.3 is 0 Å². The third-order valence-electron chi connectivity index (χ3n) is 5.11. The summed E-state index contributed by atoms with van der Waals surface area (Å²) in [6.07, 6.45) is 7.99. The molecule has 30 heavy (non-hydrogen) atoms. The third-order valence-corrected chi connectivity index (χ3v) is 5.11. The van der Waals surface area contributed by atoms with E-state index in [-0.39, 0.29) is 0 Å². The van der Waals surface area contributed by atoms with Crippen LogP contribution in [0.5, 0.6) is 0 Å². The van der Waals surface area contributed by atoms with Crippen molar-refractivity contribution in [3.05, 3.63) is 84.2 Å². The lowest BCUT2D eigenvalue weighted by molar-refractivity contribution is -0.604. The fourth-order valence-electron chi connectivity index (χ4n) is 3.63. The molecule has 2 aromatic carbocycles. The van der Waals surface area contributed by atoms with Crippen LogP contribution in [-0.4, -0.2) is 14.5 Å². The van der Waals surface area contributed by atoms with Crippen LogP contribution in [0.3, 0.4) is 0 Å². The first-order valence-electron chi connectivity index (χ1n) is 9.32. The van der Waals surface area contributed by atoms with Crippen LogP contribution in [-0.2, 0) is 7.05 Å². The summed E-state index contributed by atoms with van der Waals surface area (Å²) in [6.45, 7) is 0. The van der Waals surface area contributed by atoms with Gasteiger partial charge < -0.3 is 15.1 Å². The highest BCUT2D eigenvalue weighted by atomic mass is 16.5. The van der Waals surface area contributed by atoms with Gasteiger partial charge in [0.15, 0.2) is 6.20 Å². The van der Waals surface area contributed by atoms with Gasteiger partial charge in [0, 0.05) is 48.5 Å². The first-order chi connectivity index (χ1) is 14.6. The lowest BCUT2D eigenvalue weighted by Crippen LogP contribution is -2.25. The summed E-state index contributed by atoms with van der Waals surface area (Å²) in [5.74, 6) is 0. The SMILES string of the molecule is Cn1ccc2ccc(-c3cc(Nc4c[n+]([O-])ccc4C#N)cc4nccnc34)cc21. The summed E-state index contributed by atoms with van der Waals surface area (Å²) in [5, 5.41) is 25.4. The Morgan fingerprint density at radius 3 is 2.83 bits per heavy atom. The summed E-state index contributed by atoms with van der Waals surface area (Å²) in [4.78, 5) is 9.00. The molecule has 0 aliphatic carbocycles. The molecule has 7 nitrogen and oxygen atoms in total. The molecule has 0 saturated carbocycles. The average Bonchev–Trinajstić information content (AvgIpc) is 3.13. The van der Waals surface area contributed by atoms with Crippen molar-refractivity contribution in [2.75, 3.05) is 5.32 Å². The average molecular weight is 392 g/mol. The maximum Gasteiger partial charge on any atom is 0.205 e. The second kappa shape index (κ2) is 6.87. The van der Waals surface area contributed by atoms with E-state index in [1.807, 2.05) is 25.4 Å². The maximum absolute atomic E-state index is 11.7. The quantitative estimate of drug-likeness (QED) is 0.369. The summed E-state index contributed by atoms with van der Waals surface area (Å²) < 4.78 is 2.74. The molecule has 5 aromatic rings. The fraction of sp³-hybridized carbons (Fsp3) is 0.0435. The molecule has 0 atom stereocenters. The number of nitriles is 1. The first-order valence-corrected chi connectivity index (χ1v) is 9.32. The highest BCUT2D eigenvalue weighted by Crippen LogP contribution is 2.33. The zero-order valence-corrected chi connectivity index (χ0v) is 16.1. The Morgan fingerprint density at radius 2 is 1.97 bits per heavy atom. The van der Waals surface area contributed by atoms with E-state index in [1.165, 1.54) is 18.5 Å². The van der Waals surface area contributed by atoms with Crippen molar-refractivity contribution in [1.82, 2.24) is 14.5 Å². The molecule has 0 amide bonds. The van der Waals surface area contributed by atoms with Crippen LogP contribution >= 0.6 is 0 Å². The number of nitrogens with zero attached hydrogens (tertiary/aromatic N) is 5. The summed E-state index contributed by atoms with van der Waals surface area (Å²) in [7, 11) is 2.01. The number of anilines is 2. The molecular formula is C23H16N6O. The van der Waals surface area contributed by atoms with Crippen molar-refractivity contribution in [2.24, 2.45) is 7.05 Å². The first kappa shape index (κ1) is 17.6. The monoisotopic (exact) mass is 392 g/mol. The molecule has 5 rings (SSSR count). The van der Waals surface area contributed by atoms with Gasteiger partial charge in [-0.1, -0.05) is 12.1 Å². The predicted octanol–water partition coefficient (Wildman–Crippen LogP) is 4.04. The predicted molar refractivity (Wildman–Crippen MR) is 115 cm³/mol. The Hall–Kier alpha value is -4.44. The summed E-state index contributed by atoms with van der Waals surface area (Å²) in [6, 6.07) is 15.8. The number of aromatic nitrogens is 4. The summed E-state index contributed by atoms with van der Waals surface area (Å²) >= 11 is 0. The van der Waals surface area contributed by atoms with Crippen molar-refractivity contribution in [2.45, 2.75) is 0 Å². The lowest BCUT2D eigenvalue weighted by Gasteiger charge is -2.12. The van der Waals surface area contributed by atoms with Crippen LogP contribution in [0.4, 0.5) is 11.4 Å². The van der Waals surface area contributed by atoms with E-state index in [2.05, 4.69) is 50.2 Å². The Kier molecular flexibility index (Phi) is 4.04. The number of fused-ring (bicyclic) bond motifs is 2. The second-order valence-electron chi connectivity index (χ2n) is 7.02. The Morgan fingerprint density at radius 1 is 1.10 bits per heavy atom. The minimum atomic E-state index is 0.383. The summed E-state index contributed by atoms with van der Waals surface area (Å²) in [5.41, 5.74) is 6.06. The third kappa shape index (κ3) is 2.97. The molecular weight excluding hydrogens is 376 g/mol. The van der Waals surface area contributed by atoms with E-state index in [0.717, 1.165) is 27.5 Å². The molecule has 0 fully saturated rings. The number of aryl methyl sites for hydroxylation is 1. The van der Waals surface area contributed by atoms with Crippen LogP contribution in [0, 0.1) is 16.5 Å². The van der Waals surface area contributed by atoms with Gasteiger partial charge in [-0.05, 0) is 35.2 Å². The molecule has 0 saturated heterocycles. The molecule has 1 N–H and O–H groups in total. The number of benzene rings is 2. The van der Waals surface area contributed by atoms with Crippen molar-refractivity contribution in [3.8, 4) is 17.2 Å². The van der Waals surface area contributed by atoms with Crippen LogP contribution < -0.4 is 10.0 Å². The van der Waals surface area contributed by atoms with E-state index in [4.69, 9.17) is 0 Å². The van der Waals surface area contributed by atoms with E-state index in [0.29, 0.717) is 27.2 Å². The van der Waals surface area contributed by atoms with Gasteiger partial charge in [0.05, 0.1) is 16.6 Å². The van der Waals surface area contributed by atoms with Gasteiger partial charge in [-0.2, -0.15) is 9.99 Å². The number of pyridine rings is 1. The smallest absolute Gasteiger partial charge is 0.205 e. The van der Waals surface area contributed by atoms with Crippen molar-refractivity contribution >= 4 is 33.3 Å². The largest absolute Gasteiger partial charge is 0.619 e. The van der Waals surface area contributed by atoms with Gasteiger partial charge in [0.25, 0.3) is 0 Å². The van der Waals surface area contributed by atoms with E-state index >= 15 is 0 Å². The second-order valence-corrected chi connectivity index (χ2v) is 7.02. The van der Waals surface area contributed by atoms with E-state index in [9.17, 15) is 10.5 Å². The molecule has 0 spiro atoms. The molecule has 0 bridgehead atoms. The highest BCUT2D eigenvalue weighted by molar-refractivity contribution is 5.97. The molecule has 3 aromatic heterocycles. The highest BCUT2D eigenvalue weighted by Gasteiger charge is 2.13. The van der Waals surface area contributed by atoms with Gasteiger partial charge in [0.2, 0.25) is 6.20 Å². The number of hydrogen-bond acceptors (Lipinski definition) is 5. The standard InChI is InChI=1S/C23H16N6O/c1-28-8-4-15-2-3-16(10-22(15)28)19-11-18(12-20-23(19)26-7-6-25-20)27-21-14-29(30)9-5-17(21)13-24/h2-12,14,27H,1H3. The molecule has 3 heterocycles. The van der Waals surface area contributed by atoms with Gasteiger partial charge in [-0.3, -0.25) is 9.97 Å². The molecule has 0 radical (unpaired) electrons. The van der Waals surface area contributed by atoms with Gasteiger partial charge in [0.1, 0.15) is 11.8 Å². The molecule has 7 heteroatoms. The Bertz CT molecular complexity index is 1460. The van der Waals surface area contributed by atoms with E-state index in [1.54, 1.807) is 12.4 Å². The lowest BCUT2D eigenvalue weighted by atomic mass is 10.0. The molecule has 0 aliphatic rings. The Balaban J connectivity index is 1.69. The zero-order chi connectivity index (χ0) is 20.7. The minimum Gasteiger partial charge on any atom is -0.619 e. The van der Waals surface area contributed by atoms with Crippen LogP contribution in [0.2, 0.25) is 0 Å². The van der Waals surface area contributed by atoms with Crippen molar-refractivity contribution < 1.29 is 4.73 Å². The van der Waals surface area contributed by atoms with Crippen LogP contribution in [0.15, 0.2) is 73.4 Å². The Labute approximate surface area is 172 Å².